The molecule has 6 nitrogen and oxygen atoms in total. The van der Waals surface area contributed by atoms with Crippen LogP contribution in [0.5, 0.6) is 0 Å². The molecule has 2 aromatic heterocycles. The number of amides is 2. The van der Waals surface area contributed by atoms with Crippen molar-refractivity contribution in [1.82, 2.24) is 4.40 Å². The van der Waals surface area contributed by atoms with Crippen molar-refractivity contribution in [2.24, 2.45) is 0 Å². The van der Waals surface area contributed by atoms with E-state index < -0.39 is 17.4 Å². The number of imide groups is 1. The molecular formula is C18H9N3O3. The van der Waals surface area contributed by atoms with Crippen molar-refractivity contribution in [2.45, 2.75) is 0 Å². The van der Waals surface area contributed by atoms with Gasteiger partial charge in [0.05, 0.1) is 22.2 Å². The molecule has 6 heteroatoms. The Hall–Kier alpha value is -3.72. The first-order valence-corrected chi connectivity index (χ1v) is 7.16. The first kappa shape index (κ1) is 13.9. The summed E-state index contributed by atoms with van der Waals surface area (Å²) in [6.07, 6.45) is 1.50. The predicted octanol–water partition coefficient (Wildman–Crippen LogP) is 1.97. The highest BCUT2D eigenvalue weighted by Crippen LogP contribution is 2.27. The molecule has 1 aliphatic heterocycles. The van der Waals surface area contributed by atoms with Crippen LogP contribution in [0.15, 0.2) is 59.5 Å². The van der Waals surface area contributed by atoms with Crippen molar-refractivity contribution in [1.29, 1.82) is 5.26 Å². The highest BCUT2D eigenvalue weighted by molar-refractivity contribution is 6.34. The van der Waals surface area contributed by atoms with Gasteiger partial charge in [-0.1, -0.05) is 18.2 Å². The number of nitriles is 1. The molecule has 4 rings (SSSR count). The number of fused-ring (bicyclic) bond motifs is 2. The van der Waals surface area contributed by atoms with Crippen LogP contribution in [0.4, 0.5) is 5.69 Å². The molecule has 0 fully saturated rings. The van der Waals surface area contributed by atoms with Crippen molar-refractivity contribution < 1.29 is 9.59 Å². The van der Waals surface area contributed by atoms with Crippen LogP contribution >= 0.6 is 0 Å². The lowest BCUT2D eigenvalue weighted by atomic mass is 10.1. The number of pyridine rings is 2. The molecule has 0 atom stereocenters. The zero-order valence-corrected chi connectivity index (χ0v) is 12.3. The lowest BCUT2D eigenvalue weighted by Crippen LogP contribution is -2.35. The highest BCUT2D eigenvalue weighted by Gasteiger charge is 2.38. The molecule has 1 aromatic carbocycles. The maximum atomic E-state index is 12.7. The smallest absolute Gasteiger partial charge is 0.279 e. The second kappa shape index (κ2) is 4.89. The van der Waals surface area contributed by atoms with Gasteiger partial charge in [-0.05, 0) is 30.3 Å². The molecule has 0 radical (unpaired) electrons. The van der Waals surface area contributed by atoms with E-state index in [-0.39, 0.29) is 22.4 Å². The van der Waals surface area contributed by atoms with Crippen molar-refractivity contribution >= 4 is 23.0 Å². The molecule has 114 valence electrons. The van der Waals surface area contributed by atoms with Crippen LogP contribution in [0.2, 0.25) is 0 Å². The van der Waals surface area contributed by atoms with Crippen molar-refractivity contribution in [3.8, 4) is 6.07 Å². The van der Waals surface area contributed by atoms with Crippen LogP contribution in [-0.4, -0.2) is 16.2 Å². The van der Waals surface area contributed by atoms with Crippen LogP contribution in [0.3, 0.4) is 0 Å². The van der Waals surface area contributed by atoms with Crippen LogP contribution in [0, 0.1) is 11.3 Å². The van der Waals surface area contributed by atoms with E-state index in [0.29, 0.717) is 5.52 Å². The van der Waals surface area contributed by atoms with E-state index in [4.69, 9.17) is 0 Å². The number of aromatic nitrogens is 1. The fraction of sp³-hybridized carbons (Fsp3) is 0. The molecule has 0 spiro atoms. The Morgan fingerprint density at radius 1 is 0.875 bits per heavy atom. The summed E-state index contributed by atoms with van der Waals surface area (Å²) in [5.41, 5.74) is 0.477. The highest BCUT2D eigenvalue weighted by atomic mass is 16.2. The Bertz CT molecular complexity index is 1100. The van der Waals surface area contributed by atoms with Gasteiger partial charge >= 0.3 is 0 Å². The summed E-state index contributed by atoms with van der Waals surface area (Å²) >= 11 is 0. The molecule has 0 aliphatic carbocycles. The van der Waals surface area contributed by atoms with Crippen LogP contribution in [0.1, 0.15) is 26.3 Å². The zero-order valence-electron chi connectivity index (χ0n) is 12.3. The number of carbonyl (C=O) groups is 2. The molecule has 0 saturated carbocycles. The summed E-state index contributed by atoms with van der Waals surface area (Å²) in [5, 5.41) is 9.35. The number of benzene rings is 1. The lowest BCUT2D eigenvalue weighted by Gasteiger charge is -2.14. The predicted molar refractivity (Wildman–Crippen MR) is 86.0 cm³/mol. The van der Waals surface area contributed by atoms with Gasteiger partial charge in [-0.2, -0.15) is 5.26 Å². The fourth-order valence-corrected chi connectivity index (χ4v) is 2.89. The number of anilines is 1. The Balaban J connectivity index is 2.01. The quantitative estimate of drug-likeness (QED) is 0.643. The van der Waals surface area contributed by atoms with Crippen molar-refractivity contribution in [3.63, 3.8) is 0 Å². The molecule has 3 aromatic rings. The van der Waals surface area contributed by atoms with Gasteiger partial charge in [0.2, 0.25) is 0 Å². The van der Waals surface area contributed by atoms with Crippen molar-refractivity contribution in [3.05, 3.63) is 81.8 Å². The minimum absolute atomic E-state index is 0.124. The van der Waals surface area contributed by atoms with Gasteiger partial charge in [0.1, 0.15) is 11.8 Å². The first-order chi connectivity index (χ1) is 11.6. The first-order valence-electron chi connectivity index (χ1n) is 7.16. The van der Waals surface area contributed by atoms with Gasteiger partial charge in [0.15, 0.2) is 0 Å². The monoisotopic (exact) mass is 315 g/mol. The fourth-order valence-electron chi connectivity index (χ4n) is 2.89. The van der Waals surface area contributed by atoms with Gasteiger partial charge in [-0.15, -0.1) is 0 Å². The summed E-state index contributed by atoms with van der Waals surface area (Å²) in [7, 11) is 0. The molecule has 0 saturated heterocycles. The number of carbonyl (C=O) groups excluding carboxylic acids is 2. The van der Waals surface area contributed by atoms with Crippen LogP contribution in [0.25, 0.3) is 5.52 Å². The third kappa shape index (κ3) is 1.72. The maximum Gasteiger partial charge on any atom is 0.279 e. The summed E-state index contributed by atoms with van der Waals surface area (Å²) < 4.78 is 1.26. The van der Waals surface area contributed by atoms with Crippen LogP contribution < -0.4 is 10.5 Å². The molecular weight excluding hydrogens is 306 g/mol. The Kier molecular flexibility index (Phi) is 2.84. The molecule has 1 aliphatic rings. The number of hydrogen-bond donors (Lipinski definition) is 0. The average Bonchev–Trinajstić information content (AvgIpc) is 2.87. The zero-order chi connectivity index (χ0) is 16.8. The van der Waals surface area contributed by atoms with Gasteiger partial charge < -0.3 is 0 Å². The topological polar surface area (TPSA) is 82.7 Å². The molecule has 24 heavy (non-hydrogen) atoms. The third-order valence-corrected chi connectivity index (χ3v) is 4.01. The molecule has 0 N–H and O–H groups in total. The molecule has 3 heterocycles. The van der Waals surface area contributed by atoms with E-state index in [1.165, 1.54) is 16.7 Å². The average molecular weight is 315 g/mol. The maximum absolute atomic E-state index is 12.7. The summed E-state index contributed by atoms with van der Waals surface area (Å²) in [6.45, 7) is 0. The van der Waals surface area contributed by atoms with E-state index in [0.717, 1.165) is 4.90 Å². The second-order valence-electron chi connectivity index (χ2n) is 5.31. The van der Waals surface area contributed by atoms with E-state index in [1.807, 2.05) is 6.07 Å². The SMILES string of the molecule is N#Cc1cc(N2C(=O)c3ccccc3C2=O)c(=O)n2ccccc12. The summed E-state index contributed by atoms with van der Waals surface area (Å²) in [6, 6.07) is 14.7. The van der Waals surface area contributed by atoms with Gasteiger partial charge in [-0.25, -0.2) is 4.90 Å². The summed E-state index contributed by atoms with van der Waals surface area (Å²) in [5.74, 6) is -1.13. The summed E-state index contributed by atoms with van der Waals surface area (Å²) in [4.78, 5) is 38.7. The van der Waals surface area contributed by atoms with Crippen molar-refractivity contribution in [2.75, 3.05) is 4.90 Å². The second-order valence-corrected chi connectivity index (χ2v) is 5.31. The van der Waals surface area contributed by atoms with Crippen LogP contribution in [-0.2, 0) is 0 Å². The Morgan fingerprint density at radius 3 is 2.12 bits per heavy atom. The minimum atomic E-state index is -0.563. The number of rotatable bonds is 1. The van der Waals surface area contributed by atoms with E-state index in [9.17, 15) is 19.6 Å². The van der Waals surface area contributed by atoms with Gasteiger partial charge in [0.25, 0.3) is 17.4 Å². The molecule has 0 unspecified atom stereocenters. The van der Waals surface area contributed by atoms with Gasteiger partial charge in [-0.3, -0.25) is 18.8 Å². The van der Waals surface area contributed by atoms with Gasteiger partial charge in [0, 0.05) is 6.20 Å². The Morgan fingerprint density at radius 2 is 1.50 bits per heavy atom. The Labute approximate surface area is 135 Å². The third-order valence-electron chi connectivity index (χ3n) is 4.01. The van der Waals surface area contributed by atoms with E-state index in [2.05, 4.69) is 0 Å². The standard InChI is InChI=1S/C18H9N3O3/c19-10-11-9-15(18(24)20-8-4-3-7-14(11)20)21-16(22)12-5-1-2-6-13(12)17(21)23/h1-9H. The number of nitrogens with zero attached hydrogens (tertiary/aromatic N) is 3. The normalized spacial score (nSPS) is 13.2. The minimum Gasteiger partial charge on any atom is -0.281 e. The largest absolute Gasteiger partial charge is 0.281 e. The number of hydrogen-bond acceptors (Lipinski definition) is 4. The van der Waals surface area contributed by atoms with E-state index in [1.54, 1.807) is 42.5 Å². The van der Waals surface area contributed by atoms with E-state index >= 15 is 0 Å². The molecule has 0 bridgehead atoms. The lowest BCUT2D eigenvalue weighted by molar-refractivity contribution is 0.0925. The molecule has 2 amide bonds.